The third kappa shape index (κ3) is 2.54. The van der Waals surface area contributed by atoms with Crippen molar-refractivity contribution in [3.63, 3.8) is 0 Å². The quantitative estimate of drug-likeness (QED) is 0.721. The van der Waals surface area contributed by atoms with Crippen LogP contribution in [0.3, 0.4) is 0 Å². The zero-order chi connectivity index (χ0) is 11.4. The second-order valence-corrected chi connectivity index (χ2v) is 4.78. The number of phenolic OH excluding ortho intramolecular Hbond substituents is 1. The Labute approximate surface area is 96.1 Å². The van der Waals surface area contributed by atoms with Crippen LogP contribution in [0.2, 0.25) is 0 Å². The molecule has 1 saturated heterocycles. The van der Waals surface area contributed by atoms with Gasteiger partial charge in [0.1, 0.15) is 5.75 Å². The zero-order valence-electron chi connectivity index (χ0n) is 9.45. The monoisotopic (exact) mass is 221 g/mol. The van der Waals surface area contributed by atoms with Crippen LogP contribution < -0.4 is 5.32 Å². The normalized spacial score (nSPS) is 25.6. The molecule has 0 aliphatic carbocycles. The average Bonchev–Trinajstić information content (AvgIpc) is 2.33. The van der Waals surface area contributed by atoms with Crippen molar-refractivity contribution >= 4 is 0 Å². The van der Waals surface area contributed by atoms with Crippen molar-refractivity contribution in [1.82, 2.24) is 5.32 Å². The van der Waals surface area contributed by atoms with Gasteiger partial charge in [-0.25, -0.2) is 0 Å². The number of piperidine rings is 1. The summed E-state index contributed by atoms with van der Waals surface area (Å²) in [6.07, 6.45) is 3.06. The van der Waals surface area contributed by atoms with E-state index in [0.717, 1.165) is 32.4 Å². The lowest BCUT2D eigenvalue weighted by molar-refractivity contribution is 0.0948. The van der Waals surface area contributed by atoms with Crippen molar-refractivity contribution in [3.05, 3.63) is 29.8 Å². The smallest absolute Gasteiger partial charge is 0.115 e. The van der Waals surface area contributed by atoms with Gasteiger partial charge in [-0.2, -0.15) is 0 Å². The Kier molecular flexibility index (Phi) is 3.46. The maximum absolute atomic E-state index is 9.57. The standard InChI is InChI=1S/C13H19NO2/c15-10-13(6-1-7-14-9-13)8-11-2-4-12(16)5-3-11/h2-5,14-16H,1,6-10H2. The first-order valence-corrected chi connectivity index (χ1v) is 5.84. The second kappa shape index (κ2) is 4.85. The molecule has 1 aliphatic rings. The van der Waals surface area contributed by atoms with Crippen molar-refractivity contribution in [2.24, 2.45) is 5.41 Å². The topological polar surface area (TPSA) is 52.5 Å². The molecule has 3 nitrogen and oxygen atoms in total. The van der Waals surface area contributed by atoms with Crippen LogP contribution in [0.15, 0.2) is 24.3 Å². The van der Waals surface area contributed by atoms with Gasteiger partial charge in [0.05, 0.1) is 6.61 Å². The van der Waals surface area contributed by atoms with Gasteiger partial charge in [-0.1, -0.05) is 12.1 Å². The average molecular weight is 221 g/mol. The van der Waals surface area contributed by atoms with Crippen molar-refractivity contribution in [2.45, 2.75) is 19.3 Å². The van der Waals surface area contributed by atoms with Crippen LogP contribution in [0.4, 0.5) is 0 Å². The molecule has 1 aromatic carbocycles. The molecule has 0 bridgehead atoms. The highest BCUT2D eigenvalue weighted by Gasteiger charge is 2.31. The molecule has 1 aromatic rings. The summed E-state index contributed by atoms with van der Waals surface area (Å²) in [4.78, 5) is 0. The van der Waals surface area contributed by atoms with E-state index in [4.69, 9.17) is 0 Å². The largest absolute Gasteiger partial charge is 0.508 e. The molecule has 0 amide bonds. The van der Waals surface area contributed by atoms with E-state index in [1.54, 1.807) is 12.1 Å². The lowest BCUT2D eigenvalue weighted by atomic mass is 9.76. The number of nitrogens with one attached hydrogen (secondary N) is 1. The fourth-order valence-electron chi connectivity index (χ4n) is 2.42. The van der Waals surface area contributed by atoms with Crippen molar-refractivity contribution < 1.29 is 10.2 Å². The molecule has 1 unspecified atom stereocenters. The first-order chi connectivity index (χ1) is 7.74. The zero-order valence-corrected chi connectivity index (χ0v) is 9.45. The van der Waals surface area contributed by atoms with E-state index in [9.17, 15) is 10.2 Å². The van der Waals surface area contributed by atoms with Gasteiger partial charge in [0.15, 0.2) is 0 Å². The molecule has 3 N–H and O–H groups in total. The molecule has 1 fully saturated rings. The Morgan fingerprint density at radius 2 is 2.00 bits per heavy atom. The van der Waals surface area contributed by atoms with Crippen LogP contribution in [-0.2, 0) is 6.42 Å². The van der Waals surface area contributed by atoms with E-state index in [0.29, 0.717) is 5.75 Å². The Morgan fingerprint density at radius 1 is 1.25 bits per heavy atom. The molecule has 0 saturated carbocycles. The minimum absolute atomic E-state index is 0.0186. The minimum atomic E-state index is -0.0186. The van der Waals surface area contributed by atoms with Gasteiger partial charge in [0, 0.05) is 12.0 Å². The highest BCUT2D eigenvalue weighted by Crippen LogP contribution is 2.30. The SMILES string of the molecule is OCC1(Cc2ccc(O)cc2)CCCNC1. The van der Waals surface area contributed by atoms with E-state index in [1.807, 2.05) is 12.1 Å². The van der Waals surface area contributed by atoms with Gasteiger partial charge in [0.2, 0.25) is 0 Å². The summed E-state index contributed by atoms with van der Waals surface area (Å²) in [5.41, 5.74) is 1.16. The van der Waals surface area contributed by atoms with Gasteiger partial charge in [-0.3, -0.25) is 0 Å². The third-order valence-corrected chi connectivity index (χ3v) is 3.41. The van der Waals surface area contributed by atoms with Crippen LogP contribution in [0.5, 0.6) is 5.75 Å². The first-order valence-electron chi connectivity index (χ1n) is 5.84. The Balaban J connectivity index is 2.08. The Hall–Kier alpha value is -1.06. The molecule has 0 radical (unpaired) electrons. The fraction of sp³-hybridized carbons (Fsp3) is 0.538. The molecule has 3 heteroatoms. The summed E-state index contributed by atoms with van der Waals surface area (Å²) >= 11 is 0. The predicted molar refractivity (Wildman–Crippen MR) is 63.4 cm³/mol. The van der Waals surface area contributed by atoms with Crippen molar-refractivity contribution in [1.29, 1.82) is 0 Å². The molecule has 1 atom stereocenters. The van der Waals surface area contributed by atoms with Crippen LogP contribution >= 0.6 is 0 Å². The molecular formula is C13H19NO2. The first kappa shape index (κ1) is 11.4. The number of aliphatic hydroxyl groups is 1. The van der Waals surface area contributed by atoms with E-state index in [-0.39, 0.29) is 12.0 Å². The van der Waals surface area contributed by atoms with Gasteiger partial charge < -0.3 is 15.5 Å². The van der Waals surface area contributed by atoms with E-state index >= 15 is 0 Å². The van der Waals surface area contributed by atoms with Crippen molar-refractivity contribution in [2.75, 3.05) is 19.7 Å². The lowest BCUT2D eigenvalue weighted by Gasteiger charge is -2.36. The van der Waals surface area contributed by atoms with Gasteiger partial charge in [-0.15, -0.1) is 0 Å². The third-order valence-electron chi connectivity index (χ3n) is 3.41. The Morgan fingerprint density at radius 3 is 2.56 bits per heavy atom. The number of rotatable bonds is 3. The maximum Gasteiger partial charge on any atom is 0.115 e. The molecule has 0 aromatic heterocycles. The lowest BCUT2D eigenvalue weighted by Crippen LogP contribution is -2.44. The molecule has 88 valence electrons. The van der Waals surface area contributed by atoms with E-state index in [2.05, 4.69) is 5.32 Å². The number of hydrogen-bond donors (Lipinski definition) is 3. The summed E-state index contributed by atoms with van der Waals surface area (Å²) in [6, 6.07) is 7.27. The van der Waals surface area contributed by atoms with E-state index < -0.39 is 0 Å². The predicted octanol–water partition coefficient (Wildman–Crippen LogP) is 1.30. The highest BCUT2D eigenvalue weighted by atomic mass is 16.3. The summed E-state index contributed by atoms with van der Waals surface area (Å²) in [5.74, 6) is 0.295. The summed E-state index contributed by atoms with van der Waals surface area (Å²) in [7, 11) is 0. The van der Waals surface area contributed by atoms with Crippen LogP contribution in [-0.4, -0.2) is 29.9 Å². The molecule has 16 heavy (non-hydrogen) atoms. The Bertz CT molecular complexity index is 328. The van der Waals surface area contributed by atoms with Crippen LogP contribution in [0.25, 0.3) is 0 Å². The summed E-state index contributed by atoms with van der Waals surface area (Å²) < 4.78 is 0. The minimum Gasteiger partial charge on any atom is -0.508 e. The van der Waals surface area contributed by atoms with Crippen molar-refractivity contribution in [3.8, 4) is 5.75 Å². The maximum atomic E-state index is 9.57. The second-order valence-electron chi connectivity index (χ2n) is 4.78. The summed E-state index contributed by atoms with van der Waals surface area (Å²) in [6.45, 7) is 2.16. The molecule has 2 rings (SSSR count). The fourth-order valence-corrected chi connectivity index (χ4v) is 2.42. The molecular weight excluding hydrogens is 202 g/mol. The molecule has 0 spiro atoms. The van der Waals surface area contributed by atoms with Crippen LogP contribution in [0.1, 0.15) is 18.4 Å². The molecule has 1 heterocycles. The summed E-state index contributed by atoms with van der Waals surface area (Å²) in [5, 5.41) is 22.1. The van der Waals surface area contributed by atoms with Gasteiger partial charge >= 0.3 is 0 Å². The van der Waals surface area contributed by atoms with Gasteiger partial charge in [0.25, 0.3) is 0 Å². The number of aliphatic hydroxyl groups excluding tert-OH is 1. The van der Waals surface area contributed by atoms with Crippen LogP contribution in [0, 0.1) is 5.41 Å². The number of phenols is 1. The van der Waals surface area contributed by atoms with E-state index in [1.165, 1.54) is 5.56 Å². The number of hydrogen-bond acceptors (Lipinski definition) is 3. The van der Waals surface area contributed by atoms with Gasteiger partial charge in [-0.05, 0) is 43.5 Å². The number of benzene rings is 1. The highest BCUT2D eigenvalue weighted by molar-refractivity contribution is 5.26. The molecule has 1 aliphatic heterocycles. The number of aromatic hydroxyl groups is 1.